The van der Waals surface area contributed by atoms with Gasteiger partial charge in [-0.3, -0.25) is 14.9 Å². The number of piperidine rings is 1. The van der Waals surface area contributed by atoms with Crippen LogP contribution >= 0.6 is 11.3 Å². The number of hydrogen-bond donors (Lipinski definition) is 2. The first kappa shape index (κ1) is 16.7. The van der Waals surface area contributed by atoms with Gasteiger partial charge in [-0.1, -0.05) is 12.1 Å². The Hall–Kier alpha value is -2.74. The van der Waals surface area contributed by atoms with Gasteiger partial charge in [0.25, 0.3) is 11.8 Å². The minimum Gasteiger partial charge on any atom is -0.338 e. The van der Waals surface area contributed by atoms with Crippen molar-refractivity contribution in [2.75, 3.05) is 13.1 Å². The van der Waals surface area contributed by atoms with E-state index in [9.17, 15) is 18.8 Å². The van der Waals surface area contributed by atoms with Crippen molar-refractivity contribution in [2.24, 2.45) is 0 Å². The van der Waals surface area contributed by atoms with Crippen LogP contribution in [0.25, 0.3) is 10.4 Å². The molecule has 2 aliphatic heterocycles. The lowest BCUT2D eigenvalue weighted by Gasteiger charge is -2.36. The molecule has 2 aromatic rings. The number of benzene rings is 1. The molecule has 1 aromatic heterocycles. The van der Waals surface area contributed by atoms with Crippen molar-refractivity contribution in [3.63, 3.8) is 0 Å². The van der Waals surface area contributed by atoms with Gasteiger partial charge in [-0.05, 0) is 42.7 Å². The van der Waals surface area contributed by atoms with E-state index in [-0.39, 0.29) is 17.6 Å². The Morgan fingerprint density at radius 3 is 2.38 bits per heavy atom. The van der Waals surface area contributed by atoms with Crippen LogP contribution in [0.5, 0.6) is 0 Å². The molecule has 2 fully saturated rings. The van der Waals surface area contributed by atoms with Crippen molar-refractivity contribution < 1.29 is 18.8 Å². The van der Waals surface area contributed by atoms with Gasteiger partial charge in [-0.15, -0.1) is 11.3 Å². The highest BCUT2D eigenvalue weighted by Crippen LogP contribution is 2.31. The Bertz CT molecular complexity index is 885. The van der Waals surface area contributed by atoms with E-state index >= 15 is 0 Å². The number of amides is 4. The lowest BCUT2D eigenvalue weighted by Crippen LogP contribution is -2.55. The van der Waals surface area contributed by atoms with Crippen LogP contribution in [0.1, 0.15) is 22.5 Å². The van der Waals surface area contributed by atoms with Crippen molar-refractivity contribution in [3.05, 3.63) is 47.1 Å². The molecule has 4 amide bonds. The first-order valence-corrected chi connectivity index (χ1v) is 9.07. The summed E-state index contributed by atoms with van der Waals surface area (Å²) in [6, 6.07) is 9.28. The van der Waals surface area contributed by atoms with E-state index in [0.717, 1.165) is 10.4 Å². The summed E-state index contributed by atoms with van der Waals surface area (Å²) >= 11 is 1.36. The maximum atomic E-state index is 13.0. The summed E-state index contributed by atoms with van der Waals surface area (Å²) < 4.78 is 13.0. The predicted octanol–water partition coefficient (Wildman–Crippen LogP) is 2.37. The highest BCUT2D eigenvalue weighted by atomic mass is 32.1. The van der Waals surface area contributed by atoms with Crippen LogP contribution in [0.2, 0.25) is 0 Å². The molecule has 0 radical (unpaired) electrons. The Labute approximate surface area is 153 Å². The number of urea groups is 1. The van der Waals surface area contributed by atoms with Gasteiger partial charge in [0, 0.05) is 18.0 Å². The Morgan fingerprint density at radius 1 is 1.08 bits per heavy atom. The highest BCUT2D eigenvalue weighted by molar-refractivity contribution is 7.17. The molecular weight excluding hydrogens is 357 g/mol. The number of imide groups is 1. The van der Waals surface area contributed by atoms with E-state index in [1.54, 1.807) is 23.1 Å². The van der Waals surface area contributed by atoms with Crippen molar-refractivity contribution in [1.82, 2.24) is 15.5 Å². The summed E-state index contributed by atoms with van der Waals surface area (Å²) in [5.74, 6) is -0.709. The molecule has 0 unspecified atom stereocenters. The average Bonchev–Trinajstić information content (AvgIpc) is 3.21. The highest BCUT2D eigenvalue weighted by Gasteiger charge is 2.48. The summed E-state index contributed by atoms with van der Waals surface area (Å²) in [5.41, 5.74) is -0.0267. The van der Waals surface area contributed by atoms with Crippen LogP contribution in [-0.4, -0.2) is 41.4 Å². The molecule has 2 N–H and O–H groups in total. The molecule has 3 heterocycles. The summed E-state index contributed by atoms with van der Waals surface area (Å²) in [7, 11) is 0. The van der Waals surface area contributed by atoms with E-state index in [4.69, 9.17) is 0 Å². The summed E-state index contributed by atoms with van der Waals surface area (Å²) in [4.78, 5) is 39.3. The fourth-order valence-corrected chi connectivity index (χ4v) is 4.33. The number of rotatable bonds is 2. The SMILES string of the molecule is O=C1NC(=O)C2(CCN(C(=O)c3ccc(-c4ccc(F)cc4)s3)CC2)N1. The van der Waals surface area contributed by atoms with Gasteiger partial charge >= 0.3 is 6.03 Å². The number of nitrogens with zero attached hydrogens (tertiary/aromatic N) is 1. The van der Waals surface area contributed by atoms with Gasteiger partial charge in [0.2, 0.25) is 0 Å². The first-order chi connectivity index (χ1) is 12.5. The van der Waals surface area contributed by atoms with Crippen LogP contribution in [-0.2, 0) is 4.79 Å². The summed E-state index contributed by atoms with van der Waals surface area (Å²) in [6.07, 6.45) is 0.791. The third-order valence-electron chi connectivity index (χ3n) is 4.86. The molecule has 6 nitrogen and oxygen atoms in total. The standard InChI is InChI=1S/C18H16FN3O3S/c19-12-3-1-11(2-4-12)13-5-6-14(26-13)15(23)22-9-7-18(8-10-22)16(24)20-17(25)21-18/h1-6H,7-10H2,(H2,20,21,24,25). The third kappa shape index (κ3) is 2.86. The fourth-order valence-electron chi connectivity index (χ4n) is 3.35. The second-order valence-electron chi connectivity index (χ2n) is 6.45. The minimum atomic E-state index is -0.886. The maximum Gasteiger partial charge on any atom is 0.322 e. The number of thiophene rings is 1. The van der Waals surface area contributed by atoms with Crippen LogP contribution in [0.4, 0.5) is 9.18 Å². The second kappa shape index (κ2) is 6.21. The molecular formula is C18H16FN3O3S. The van der Waals surface area contributed by atoms with Gasteiger partial charge < -0.3 is 10.2 Å². The summed E-state index contributed by atoms with van der Waals surface area (Å²) in [6.45, 7) is 0.798. The summed E-state index contributed by atoms with van der Waals surface area (Å²) in [5, 5.41) is 4.94. The monoisotopic (exact) mass is 373 g/mol. The average molecular weight is 373 g/mol. The Morgan fingerprint density at radius 2 is 1.77 bits per heavy atom. The van der Waals surface area contributed by atoms with Crippen LogP contribution < -0.4 is 10.6 Å². The lowest BCUT2D eigenvalue weighted by atomic mass is 9.87. The van der Waals surface area contributed by atoms with E-state index in [2.05, 4.69) is 10.6 Å². The van der Waals surface area contributed by atoms with Gasteiger partial charge in [-0.25, -0.2) is 9.18 Å². The predicted molar refractivity (Wildman–Crippen MR) is 94.3 cm³/mol. The molecule has 1 spiro atoms. The third-order valence-corrected chi connectivity index (χ3v) is 5.99. The van der Waals surface area contributed by atoms with E-state index in [1.165, 1.54) is 23.5 Å². The van der Waals surface area contributed by atoms with Gasteiger partial charge in [0.1, 0.15) is 11.4 Å². The van der Waals surface area contributed by atoms with E-state index in [1.807, 2.05) is 6.07 Å². The van der Waals surface area contributed by atoms with Crippen LogP contribution in [0, 0.1) is 5.82 Å². The number of halogens is 1. The molecule has 2 saturated heterocycles. The zero-order chi connectivity index (χ0) is 18.3. The zero-order valence-corrected chi connectivity index (χ0v) is 14.6. The minimum absolute atomic E-state index is 0.0945. The number of hydrogen-bond acceptors (Lipinski definition) is 4. The molecule has 0 saturated carbocycles. The molecule has 4 rings (SSSR count). The smallest absolute Gasteiger partial charge is 0.322 e. The van der Waals surface area contributed by atoms with Gasteiger partial charge in [0.15, 0.2) is 0 Å². The maximum absolute atomic E-state index is 13.0. The largest absolute Gasteiger partial charge is 0.338 e. The molecule has 0 atom stereocenters. The number of carbonyl (C=O) groups is 3. The van der Waals surface area contributed by atoms with Crippen molar-refractivity contribution in [1.29, 1.82) is 0 Å². The molecule has 8 heteroatoms. The number of nitrogens with one attached hydrogen (secondary N) is 2. The number of likely N-dealkylation sites (tertiary alicyclic amines) is 1. The lowest BCUT2D eigenvalue weighted by molar-refractivity contribution is -0.125. The number of carbonyl (C=O) groups excluding carboxylic acids is 3. The molecule has 26 heavy (non-hydrogen) atoms. The second-order valence-corrected chi connectivity index (χ2v) is 7.54. The first-order valence-electron chi connectivity index (χ1n) is 8.25. The fraction of sp³-hybridized carbons (Fsp3) is 0.278. The van der Waals surface area contributed by atoms with E-state index in [0.29, 0.717) is 30.8 Å². The van der Waals surface area contributed by atoms with Crippen LogP contribution in [0.3, 0.4) is 0 Å². The van der Waals surface area contributed by atoms with Gasteiger partial charge in [0.05, 0.1) is 4.88 Å². The Balaban J connectivity index is 1.45. The quantitative estimate of drug-likeness (QED) is 0.794. The van der Waals surface area contributed by atoms with E-state index < -0.39 is 11.6 Å². The molecule has 1 aromatic carbocycles. The van der Waals surface area contributed by atoms with Crippen molar-refractivity contribution in [3.8, 4) is 10.4 Å². The zero-order valence-electron chi connectivity index (χ0n) is 13.8. The molecule has 2 aliphatic rings. The molecule has 134 valence electrons. The van der Waals surface area contributed by atoms with Crippen molar-refractivity contribution >= 4 is 29.2 Å². The normalized spacial score (nSPS) is 18.7. The van der Waals surface area contributed by atoms with Gasteiger partial charge in [-0.2, -0.15) is 0 Å². The molecule has 0 aliphatic carbocycles. The van der Waals surface area contributed by atoms with Crippen LogP contribution in [0.15, 0.2) is 36.4 Å². The molecule has 0 bridgehead atoms. The Kier molecular flexibility index (Phi) is 3.99. The van der Waals surface area contributed by atoms with Crippen molar-refractivity contribution in [2.45, 2.75) is 18.4 Å². The topological polar surface area (TPSA) is 78.5 Å².